The van der Waals surface area contributed by atoms with E-state index in [9.17, 15) is 9.59 Å². The van der Waals surface area contributed by atoms with Crippen molar-refractivity contribution < 1.29 is 9.59 Å². The summed E-state index contributed by atoms with van der Waals surface area (Å²) >= 11 is 3.52. The summed E-state index contributed by atoms with van der Waals surface area (Å²) in [4.78, 5) is 26.1. The van der Waals surface area contributed by atoms with Crippen molar-refractivity contribution in [1.29, 1.82) is 0 Å². The van der Waals surface area contributed by atoms with E-state index in [4.69, 9.17) is 0 Å². The van der Waals surface area contributed by atoms with Crippen LogP contribution in [-0.4, -0.2) is 39.1 Å². The van der Waals surface area contributed by atoms with Gasteiger partial charge in [-0.15, -0.1) is 0 Å². The van der Waals surface area contributed by atoms with Gasteiger partial charge in [-0.1, -0.05) is 13.8 Å². The Balaban J connectivity index is 2.25. The summed E-state index contributed by atoms with van der Waals surface area (Å²) in [6.45, 7) is 6.69. The van der Waals surface area contributed by atoms with Gasteiger partial charge in [-0.05, 0) is 28.8 Å². The van der Waals surface area contributed by atoms with Crippen LogP contribution in [0.2, 0.25) is 0 Å². The molecule has 6 nitrogen and oxygen atoms in total. The lowest BCUT2D eigenvalue weighted by Crippen LogP contribution is -2.47. The molecule has 1 aromatic rings. The van der Waals surface area contributed by atoms with E-state index in [1.807, 2.05) is 27.8 Å². The third-order valence-electron chi connectivity index (χ3n) is 3.77. The van der Waals surface area contributed by atoms with E-state index in [0.29, 0.717) is 19.5 Å². The molecule has 2 rings (SSSR count). The van der Waals surface area contributed by atoms with Gasteiger partial charge in [0.05, 0.1) is 22.4 Å². The first-order valence-electron chi connectivity index (χ1n) is 7.07. The molecule has 1 saturated heterocycles. The summed E-state index contributed by atoms with van der Waals surface area (Å²) in [5.41, 5.74) is 1.84. The number of rotatable bonds is 3. The van der Waals surface area contributed by atoms with Crippen molar-refractivity contribution in [3.05, 3.63) is 15.9 Å². The Kier molecular flexibility index (Phi) is 4.70. The maximum Gasteiger partial charge on any atom is 0.245 e. The number of hydrogen-bond acceptors (Lipinski definition) is 3. The molecule has 0 saturated carbocycles. The molecule has 2 amide bonds. The first-order chi connectivity index (χ1) is 9.81. The number of nitrogens with one attached hydrogen (secondary N) is 1. The highest BCUT2D eigenvalue weighted by Gasteiger charge is 2.32. The van der Waals surface area contributed by atoms with Crippen molar-refractivity contribution in [2.45, 2.75) is 39.8 Å². The second-order valence-corrected chi connectivity index (χ2v) is 6.56. The average molecular weight is 357 g/mol. The minimum atomic E-state index is -0.451. The van der Waals surface area contributed by atoms with Gasteiger partial charge in [-0.2, -0.15) is 5.10 Å². The van der Waals surface area contributed by atoms with Crippen molar-refractivity contribution in [2.24, 2.45) is 13.0 Å². The van der Waals surface area contributed by atoms with Gasteiger partial charge in [0.15, 0.2) is 0 Å². The van der Waals surface area contributed by atoms with Gasteiger partial charge in [0.25, 0.3) is 0 Å². The molecule has 0 aliphatic carbocycles. The van der Waals surface area contributed by atoms with Crippen LogP contribution in [0.1, 0.15) is 31.7 Å². The Bertz CT molecular complexity index is 568. The highest BCUT2D eigenvalue weighted by Crippen LogP contribution is 2.23. The first-order valence-corrected chi connectivity index (χ1v) is 7.86. The number of carbonyl (C=O) groups excluding carboxylic acids is 2. The van der Waals surface area contributed by atoms with E-state index >= 15 is 0 Å². The van der Waals surface area contributed by atoms with Gasteiger partial charge >= 0.3 is 0 Å². The molecule has 1 N–H and O–H groups in total. The molecule has 1 fully saturated rings. The molecule has 0 aromatic carbocycles. The zero-order valence-electron chi connectivity index (χ0n) is 12.8. The van der Waals surface area contributed by atoms with Crippen molar-refractivity contribution in [1.82, 2.24) is 20.0 Å². The van der Waals surface area contributed by atoms with E-state index in [2.05, 4.69) is 26.3 Å². The molecule has 0 spiro atoms. The Morgan fingerprint density at radius 1 is 1.43 bits per heavy atom. The number of halogens is 1. The van der Waals surface area contributed by atoms with E-state index in [1.54, 1.807) is 9.58 Å². The predicted octanol–water partition coefficient (Wildman–Crippen LogP) is 1.36. The first kappa shape index (κ1) is 16.0. The second-order valence-electron chi connectivity index (χ2n) is 5.77. The number of aryl methyl sites for hydroxylation is 2. The summed E-state index contributed by atoms with van der Waals surface area (Å²) in [6, 6.07) is -0.451. The Labute approximate surface area is 133 Å². The van der Waals surface area contributed by atoms with Crippen LogP contribution in [0.15, 0.2) is 4.47 Å². The molecule has 1 aliphatic heterocycles. The quantitative estimate of drug-likeness (QED) is 0.889. The lowest BCUT2D eigenvalue weighted by molar-refractivity contribution is -0.135. The number of aromatic nitrogens is 2. The van der Waals surface area contributed by atoms with Crippen LogP contribution >= 0.6 is 15.9 Å². The number of carbonyl (C=O) groups is 2. The van der Waals surface area contributed by atoms with Crippen LogP contribution in [0.5, 0.6) is 0 Å². The molecule has 1 atom stereocenters. The minimum absolute atomic E-state index is 0.0263. The molecule has 1 aliphatic rings. The van der Waals surface area contributed by atoms with E-state index in [1.165, 1.54) is 0 Å². The molecule has 21 heavy (non-hydrogen) atoms. The van der Waals surface area contributed by atoms with Crippen LogP contribution in [-0.2, 0) is 23.2 Å². The third-order valence-corrected chi connectivity index (χ3v) is 4.80. The SMILES string of the molecule is Cc1nn(C)c(CN2CCC(=O)NC(C(C)C)C2=O)c1Br. The number of nitrogens with zero attached hydrogens (tertiary/aromatic N) is 3. The summed E-state index contributed by atoms with van der Waals surface area (Å²) in [5, 5.41) is 7.16. The maximum absolute atomic E-state index is 12.6. The van der Waals surface area contributed by atoms with Gasteiger partial charge in [0.1, 0.15) is 6.04 Å². The predicted molar refractivity (Wildman–Crippen MR) is 82.4 cm³/mol. The highest BCUT2D eigenvalue weighted by molar-refractivity contribution is 9.10. The molecule has 7 heteroatoms. The summed E-state index contributed by atoms with van der Waals surface area (Å²) in [6.07, 6.45) is 0.337. The molecule has 1 aromatic heterocycles. The van der Waals surface area contributed by atoms with Gasteiger partial charge in [0.2, 0.25) is 11.8 Å². The normalized spacial score (nSPS) is 19.9. The molecule has 116 valence electrons. The summed E-state index contributed by atoms with van der Waals surface area (Å²) in [7, 11) is 1.86. The van der Waals surface area contributed by atoms with Crippen LogP contribution in [0.4, 0.5) is 0 Å². The summed E-state index contributed by atoms with van der Waals surface area (Å²) < 4.78 is 2.69. The van der Waals surface area contributed by atoms with Crippen molar-refractivity contribution in [3.8, 4) is 0 Å². The highest BCUT2D eigenvalue weighted by atomic mass is 79.9. The van der Waals surface area contributed by atoms with Crippen LogP contribution in [0.3, 0.4) is 0 Å². The largest absolute Gasteiger partial charge is 0.344 e. The Morgan fingerprint density at radius 2 is 2.10 bits per heavy atom. The Hall–Kier alpha value is -1.37. The topological polar surface area (TPSA) is 67.2 Å². The molecule has 1 unspecified atom stereocenters. The monoisotopic (exact) mass is 356 g/mol. The molecular weight excluding hydrogens is 336 g/mol. The van der Waals surface area contributed by atoms with Gasteiger partial charge in [-0.3, -0.25) is 14.3 Å². The van der Waals surface area contributed by atoms with Crippen molar-refractivity contribution in [3.63, 3.8) is 0 Å². The van der Waals surface area contributed by atoms with Crippen molar-refractivity contribution in [2.75, 3.05) is 6.54 Å². The lowest BCUT2D eigenvalue weighted by Gasteiger charge is -2.26. The fraction of sp³-hybridized carbons (Fsp3) is 0.643. The number of amides is 2. The van der Waals surface area contributed by atoms with Crippen LogP contribution < -0.4 is 5.32 Å². The van der Waals surface area contributed by atoms with Crippen LogP contribution in [0, 0.1) is 12.8 Å². The standard InChI is InChI=1S/C14H21BrN4O2/c1-8(2)13-14(21)19(6-5-11(20)16-13)7-10-12(15)9(3)17-18(10)4/h8,13H,5-7H2,1-4H3,(H,16,20). The molecule has 0 radical (unpaired) electrons. The van der Waals surface area contributed by atoms with E-state index in [-0.39, 0.29) is 17.7 Å². The third kappa shape index (κ3) is 3.28. The van der Waals surface area contributed by atoms with Gasteiger partial charge in [0, 0.05) is 20.0 Å². The molecule has 2 heterocycles. The fourth-order valence-electron chi connectivity index (χ4n) is 2.49. The second kappa shape index (κ2) is 6.17. The van der Waals surface area contributed by atoms with Gasteiger partial charge in [-0.25, -0.2) is 0 Å². The smallest absolute Gasteiger partial charge is 0.245 e. The van der Waals surface area contributed by atoms with E-state index in [0.717, 1.165) is 15.9 Å². The maximum atomic E-state index is 12.6. The molecular formula is C14H21BrN4O2. The number of hydrogen-bond donors (Lipinski definition) is 1. The van der Waals surface area contributed by atoms with Crippen LogP contribution in [0.25, 0.3) is 0 Å². The molecule has 0 bridgehead atoms. The summed E-state index contributed by atoms with van der Waals surface area (Å²) in [5.74, 6) is -0.0230. The van der Waals surface area contributed by atoms with E-state index < -0.39 is 6.04 Å². The van der Waals surface area contributed by atoms with Gasteiger partial charge < -0.3 is 10.2 Å². The fourth-order valence-corrected chi connectivity index (χ4v) is 2.95. The Morgan fingerprint density at radius 3 is 2.62 bits per heavy atom. The average Bonchev–Trinajstić information content (AvgIpc) is 2.57. The minimum Gasteiger partial charge on any atom is -0.344 e. The van der Waals surface area contributed by atoms with Crippen molar-refractivity contribution >= 4 is 27.7 Å². The zero-order chi connectivity index (χ0) is 15.7. The lowest BCUT2D eigenvalue weighted by atomic mass is 10.0. The zero-order valence-corrected chi connectivity index (χ0v) is 14.4.